The molecule has 2 amide bonds. The van der Waals surface area contributed by atoms with Gasteiger partial charge >= 0.3 is 6.03 Å². The van der Waals surface area contributed by atoms with E-state index in [-0.39, 0.29) is 6.03 Å². The van der Waals surface area contributed by atoms with Crippen LogP contribution in [0.5, 0.6) is 0 Å². The molecule has 0 bridgehead atoms. The molecule has 3 rings (SSSR count). The minimum atomic E-state index is -0.303. The number of nitrogens with one attached hydrogen (secondary N) is 4. The van der Waals surface area contributed by atoms with Gasteiger partial charge in [-0.3, -0.25) is 5.32 Å². The minimum Gasteiger partial charge on any atom is -0.404 e. The highest BCUT2D eigenvalue weighted by atomic mass is 16.2. The molecule has 1 aromatic heterocycles. The SMILES string of the molecule is C=C(N=C/C(=C\N)c1ccc2nc(NC(=O)NCC)[nH]c2c1)NC1CC1. The maximum atomic E-state index is 11.6. The number of carbonyl (C=O) groups excluding carboxylic acids is 1. The topological polar surface area (TPSA) is 120 Å². The van der Waals surface area contributed by atoms with Crippen molar-refractivity contribution in [2.45, 2.75) is 25.8 Å². The van der Waals surface area contributed by atoms with Crippen LogP contribution in [-0.4, -0.2) is 34.8 Å². The number of rotatable bonds is 7. The predicted molar refractivity (Wildman–Crippen MR) is 105 cm³/mol. The van der Waals surface area contributed by atoms with Crippen LogP contribution in [0.3, 0.4) is 0 Å². The van der Waals surface area contributed by atoms with Crippen molar-refractivity contribution in [1.29, 1.82) is 0 Å². The van der Waals surface area contributed by atoms with Crippen LogP contribution in [0.1, 0.15) is 25.3 Å². The maximum Gasteiger partial charge on any atom is 0.321 e. The molecule has 1 aliphatic rings. The first-order chi connectivity index (χ1) is 12.6. The molecule has 0 spiro atoms. The van der Waals surface area contributed by atoms with E-state index in [1.54, 1.807) is 6.21 Å². The van der Waals surface area contributed by atoms with Crippen LogP contribution in [-0.2, 0) is 0 Å². The average Bonchev–Trinajstić information content (AvgIpc) is 3.32. The molecule has 1 aromatic carbocycles. The maximum absolute atomic E-state index is 11.6. The van der Waals surface area contributed by atoms with Gasteiger partial charge in [-0.25, -0.2) is 14.8 Å². The van der Waals surface area contributed by atoms with Gasteiger partial charge in [0.1, 0.15) is 5.82 Å². The molecule has 1 heterocycles. The standard InChI is InChI=1S/C18H23N7O/c1-3-20-18(26)25-17-23-15-7-4-12(8-16(15)24-17)13(9-19)10-21-11(2)22-14-5-6-14/h4,7-10,14,22H,2-3,5-6,19H2,1H3,(H3,20,23,24,25,26)/b13-9+,21-10?. The Labute approximate surface area is 151 Å². The predicted octanol–water partition coefficient (Wildman–Crippen LogP) is 2.30. The summed E-state index contributed by atoms with van der Waals surface area (Å²) in [7, 11) is 0. The highest BCUT2D eigenvalue weighted by Gasteiger charge is 2.20. The second-order valence-corrected chi connectivity index (χ2v) is 6.05. The van der Waals surface area contributed by atoms with Gasteiger partial charge < -0.3 is 21.4 Å². The summed E-state index contributed by atoms with van der Waals surface area (Å²) in [6.07, 6.45) is 5.51. The fraction of sp³-hybridized carbons (Fsp3) is 0.278. The molecule has 0 saturated heterocycles. The summed E-state index contributed by atoms with van der Waals surface area (Å²) in [6.45, 7) is 6.28. The van der Waals surface area contributed by atoms with E-state index in [4.69, 9.17) is 5.73 Å². The third-order valence-corrected chi connectivity index (χ3v) is 3.87. The number of aliphatic imine (C=N–C) groups is 1. The van der Waals surface area contributed by atoms with E-state index in [0.717, 1.165) is 35.0 Å². The molecule has 136 valence electrons. The first-order valence-electron chi connectivity index (χ1n) is 8.55. The fourth-order valence-electron chi connectivity index (χ4n) is 2.42. The number of fused-ring (bicyclic) bond motifs is 1. The first kappa shape index (κ1) is 17.5. The molecule has 8 nitrogen and oxygen atoms in total. The van der Waals surface area contributed by atoms with Crippen molar-refractivity contribution >= 4 is 34.8 Å². The van der Waals surface area contributed by atoms with Crippen LogP contribution >= 0.6 is 0 Å². The fourth-order valence-corrected chi connectivity index (χ4v) is 2.42. The van der Waals surface area contributed by atoms with Crippen molar-refractivity contribution in [3.8, 4) is 0 Å². The number of nitrogens with zero attached hydrogens (tertiary/aromatic N) is 2. The van der Waals surface area contributed by atoms with Gasteiger partial charge in [0.05, 0.1) is 11.0 Å². The smallest absolute Gasteiger partial charge is 0.321 e. The number of allylic oxidation sites excluding steroid dienone is 1. The monoisotopic (exact) mass is 353 g/mol. The number of carbonyl (C=O) groups is 1. The number of nitrogens with two attached hydrogens (primary N) is 1. The van der Waals surface area contributed by atoms with Gasteiger partial charge in [0.15, 0.2) is 0 Å². The van der Waals surface area contributed by atoms with Gasteiger partial charge in [-0.15, -0.1) is 0 Å². The molecule has 6 N–H and O–H groups in total. The van der Waals surface area contributed by atoms with Crippen molar-refractivity contribution < 1.29 is 4.79 Å². The van der Waals surface area contributed by atoms with Crippen molar-refractivity contribution in [1.82, 2.24) is 20.6 Å². The molecule has 1 saturated carbocycles. The zero-order valence-corrected chi connectivity index (χ0v) is 14.7. The van der Waals surface area contributed by atoms with E-state index >= 15 is 0 Å². The summed E-state index contributed by atoms with van der Waals surface area (Å²) >= 11 is 0. The number of anilines is 1. The number of aromatic amines is 1. The van der Waals surface area contributed by atoms with E-state index in [1.807, 2.05) is 25.1 Å². The number of H-pyrrole nitrogens is 1. The van der Waals surface area contributed by atoms with E-state index in [9.17, 15) is 4.79 Å². The van der Waals surface area contributed by atoms with Gasteiger partial charge in [-0.05, 0) is 37.5 Å². The van der Waals surface area contributed by atoms with Crippen molar-refractivity contribution in [2.75, 3.05) is 11.9 Å². The van der Waals surface area contributed by atoms with Crippen molar-refractivity contribution in [3.63, 3.8) is 0 Å². The highest BCUT2D eigenvalue weighted by molar-refractivity contribution is 6.10. The highest BCUT2D eigenvalue weighted by Crippen LogP contribution is 2.21. The van der Waals surface area contributed by atoms with Crippen LogP contribution < -0.4 is 21.7 Å². The van der Waals surface area contributed by atoms with Gasteiger partial charge in [-0.2, -0.15) is 0 Å². The van der Waals surface area contributed by atoms with Crippen LogP contribution in [0.25, 0.3) is 16.6 Å². The summed E-state index contributed by atoms with van der Waals surface area (Å²) in [5, 5.41) is 8.54. The normalized spacial score (nSPS) is 14.6. The summed E-state index contributed by atoms with van der Waals surface area (Å²) in [4.78, 5) is 23.3. The van der Waals surface area contributed by atoms with Gasteiger partial charge in [0, 0.05) is 30.6 Å². The number of imidazole rings is 1. The number of hydrogen-bond donors (Lipinski definition) is 5. The first-order valence-corrected chi connectivity index (χ1v) is 8.55. The number of amides is 2. The summed E-state index contributed by atoms with van der Waals surface area (Å²) in [5.41, 5.74) is 8.94. The van der Waals surface area contributed by atoms with E-state index < -0.39 is 0 Å². The molecule has 26 heavy (non-hydrogen) atoms. The van der Waals surface area contributed by atoms with E-state index in [1.165, 1.54) is 6.20 Å². The summed E-state index contributed by atoms with van der Waals surface area (Å²) in [5.74, 6) is 1.01. The molecule has 0 radical (unpaired) electrons. The second kappa shape index (κ2) is 7.73. The van der Waals surface area contributed by atoms with Gasteiger partial charge in [-0.1, -0.05) is 12.6 Å². The zero-order chi connectivity index (χ0) is 18.5. The molecule has 0 aliphatic heterocycles. The molecule has 1 fully saturated rings. The van der Waals surface area contributed by atoms with Crippen LogP contribution in [0.15, 0.2) is 41.8 Å². The lowest BCUT2D eigenvalue weighted by atomic mass is 10.1. The Morgan fingerprint density at radius 1 is 1.50 bits per heavy atom. The van der Waals surface area contributed by atoms with Gasteiger partial charge in [0.2, 0.25) is 5.95 Å². The molecule has 1 aliphatic carbocycles. The molecule has 0 unspecified atom stereocenters. The number of hydrogen-bond acceptors (Lipinski definition) is 5. The Morgan fingerprint density at radius 3 is 3.00 bits per heavy atom. The van der Waals surface area contributed by atoms with Gasteiger partial charge in [0.25, 0.3) is 0 Å². The van der Waals surface area contributed by atoms with E-state index in [2.05, 4.69) is 37.5 Å². The summed E-state index contributed by atoms with van der Waals surface area (Å²) < 4.78 is 0. The molecular weight excluding hydrogens is 330 g/mol. The lowest BCUT2D eigenvalue weighted by Gasteiger charge is -2.04. The van der Waals surface area contributed by atoms with Crippen LogP contribution in [0.2, 0.25) is 0 Å². The largest absolute Gasteiger partial charge is 0.404 e. The minimum absolute atomic E-state index is 0.303. The lowest BCUT2D eigenvalue weighted by molar-refractivity contribution is 0.252. The number of urea groups is 1. The van der Waals surface area contributed by atoms with Crippen molar-refractivity contribution in [2.24, 2.45) is 10.7 Å². The quantitative estimate of drug-likeness (QED) is 0.490. The van der Waals surface area contributed by atoms with Crippen molar-refractivity contribution in [3.05, 3.63) is 42.4 Å². The number of aromatic nitrogens is 2. The summed E-state index contributed by atoms with van der Waals surface area (Å²) in [6, 6.07) is 5.87. The third kappa shape index (κ3) is 4.41. The average molecular weight is 353 g/mol. The molecule has 2 aromatic rings. The Morgan fingerprint density at radius 2 is 2.31 bits per heavy atom. The Balaban J connectivity index is 1.74. The second-order valence-electron chi connectivity index (χ2n) is 6.05. The third-order valence-electron chi connectivity index (χ3n) is 3.87. The Bertz CT molecular complexity index is 877. The molecular formula is C18H23N7O. The zero-order valence-electron chi connectivity index (χ0n) is 14.7. The Kier molecular flexibility index (Phi) is 5.21. The lowest BCUT2D eigenvalue weighted by Crippen LogP contribution is -2.28. The van der Waals surface area contributed by atoms with Crippen LogP contribution in [0.4, 0.5) is 10.7 Å². The number of benzene rings is 1. The molecule has 8 heteroatoms. The van der Waals surface area contributed by atoms with Crippen LogP contribution in [0, 0.1) is 0 Å². The molecule has 0 atom stereocenters. The van der Waals surface area contributed by atoms with E-state index in [0.29, 0.717) is 24.4 Å². The Hall–Kier alpha value is -3.29.